The number of nitrogens with zero attached hydrogens (tertiary/aromatic N) is 7. The van der Waals surface area contributed by atoms with Crippen LogP contribution in [0.2, 0.25) is 0 Å². The Hall–Kier alpha value is -3.82. The van der Waals surface area contributed by atoms with Gasteiger partial charge in [-0.2, -0.15) is 14.7 Å². The lowest BCUT2D eigenvalue weighted by Crippen LogP contribution is -2.29. The van der Waals surface area contributed by atoms with Crippen LogP contribution in [-0.4, -0.2) is 40.6 Å². The van der Waals surface area contributed by atoms with Crippen molar-refractivity contribution in [1.29, 1.82) is 0 Å². The van der Waals surface area contributed by atoms with E-state index >= 15 is 0 Å². The first-order valence-electron chi connectivity index (χ1n) is 7.91. The van der Waals surface area contributed by atoms with E-state index in [2.05, 4.69) is 36.0 Å². The lowest BCUT2D eigenvalue weighted by Gasteiger charge is -2.04. The number of anilines is 1. The van der Waals surface area contributed by atoms with Crippen LogP contribution >= 0.6 is 0 Å². The molecular weight excluding hydrogens is 334 g/mol. The third-order valence-electron chi connectivity index (χ3n) is 3.58. The molecule has 0 unspecified atom stereocenters. The maximum absolute atomic E-state index is 12.0. The minimum absolute atomic E-state index is 0.193. The van der Waals surface area contributed by atoms with Gasteiger partial charge in [0, 0.05) is 24.7 Å². The molecule has 4 aromatic rings. The summed E-state index contributed by atoms with van der Waals surface area (Å²) in [4.78, 5) is 16.3. The highest BCUT2D eigenvalue weighted by Gasteiger charge is 2.09. The van der Waals surface area contributed by atoms with Crippen molar-refractivity contribution >= 4 is 17.5 Å². The van der Waals surface area contributed by atoms with Crippen molar-refractivity contribution in [2.24, 2.45) is 0 Å². The Labute approximate surface area is 147 Å². The molecule has 0 radical (unpaired) electrons. The summed E-state index contributed by atoms with van der Waals surface area (Å²) >= 11 is 0. The number of hydrogen-bond donors (Lipinski definition) is 2. The highest BCUT2D eigenvalue weighted by molar-refractivity contribution is 5.87. The van der Waals surface area contributed by atoms with Gasteiger partial charge in [-0.25, -0.2) is 4.79 Å². The van der Waals surface area contributed by atoms with Gasteiger partial charge >= 0.3 is 6.03 Å². The fourth-order valence-corrected chi connectivity index (χ4v) is 2.39. The Morgan fingerprint density at radius 3 is 2.92 bits per heavy atom. The van der Waals surface area contributed by atoms with Crippen LogP contribution in [0, 0.1) is 0 Å². The first-order valence-corrected chi connectivity index (χ1v) is 7.91. The smallest absolute Gasteiger partial charge is 0.320 e. The summed E-state index contributed by atoms with van der Waals surface area (Å²) in [5, 5.41) is 21.8. The molecular formula is C16H15N9O. The van der Waals surface area contributed by atoms with Crippen molar-refractivity contribution in [3.8, 4) is 0 Å². The van der Waals surface area contributed by atoms with E-state index in [-0.39, 0.29) is 12.6 Å². The number of pyridine rings is 1. The van der Waals surface area contributed by atoms with Gasteiger partial charge in [0.05, 0.1) is 18.8 Å². The zero-order chi connectivity index (χ0) is 17.8. The minimum atomic E-state index is -0.388. The second-order valence-corrected chi connectivity index (χ2v) is 5.44. The third kappa shape index (κ3) is 3.48. The number of urea groups is 1. The molecule has 26 heavy (non-hydrogen) atoms. The maximum atomic E-state index is 12.0. The van der Waals surface area contributed by atoms with Gasteiger partial charge in [-0.15, -0.1) is 10.2 Å². The zero-order valence-electron chi connectivity index (χ0n) is 13.6. The second-order valence-electron chi connectivity index (χ2n) is 5.44. The molecule has 0 aliphatic heterocycles. The summed E-state index contributed by atoms with van der Waals surface area (Å²) in [6, 6.07) is 10.6. The van der Waals surface area contributed by atoms with E-state index in [4.69, 9.17) is 0 Å². The van der Waals surface area contributed by atoms with E-state index in [1.54, 1.807) is 46.0 Å². The summed E-state index contributed by atoms with van der Waals surface area (Å²) in [6.45, 7) is 0.722. The Bertz CT molecular complexity index is 1020. The first kappa shape index (κ1) is 15.7. The number of carbonyl (C=O) groups excluding carboxylic acids is 1. The maximum Gasteiger partial charge on any atom is 0.320 e. The van der Waals surface area contributed by atoms with Crippen LogP contribution in [-0.2, 0) is 13.1 Å². The van der Waals surface area contributed by atoms with Crippen LogP contribution in [0.1, 0.15) is 11.5 Å². The van der Waals surface area contributed by atoms with Gasteiger partial charge in [0.1, 0.15) is 0 Å². The van der Waals surface area contributed by atoms with E-state index < -0.39 is 0 Å². The summed E-state index contributed by atoms with van der Waals surface area (Å²) < 4.78 is 3.27. The van der Waals surface area contributed by atoms with Crippen molar-refractivity contribution in [2.45, 2.75) is 13.1 Å². The largest absolute Gasteiger partial charge is 0.330 e. The summed E-state index contributed by atoms with van der Waals surface area (Å²) in [6.07, 6.45) is 5.14. The molecule has 0 atom stereocenters. The van der Waals surface area contributed by atoms with Crippen LogP contribution in [0.5, 0.6) is 0 Å². The lowest BCUT2D eigenvalue weighted by molar-refractivity contribution is 0.251. The van der Waals surface area contributed by atoms with Gasteiger partial charge in [-0.3, -0.25) is 15.0 Å². The molecule has 4 heterocycles. The molecule has 0 spiro atoms. The Balaban J connectivity index is 1.33. The first-order chi connectivity index (χ1) is 12.8. The normalized spacial score (nSPS) is 10.8. The summed E-state index contributed by atoms with van der Waals surface area (Å²) in [5.41, 5.74) is 1.51. The molecule has 130 valence electrons. The fraction of sp³-hybridized carbons (Fsp3) is 0.125. The number of nitrogens with one attached hydrogen (secondary N) is 2. The monoisotopic (exact) mass is 349 g/mol. The third-order valence-corrected chi connectivity index (χ3v) is 3.58. The Morgan fingerprint density at radius 2 is 2.04 bits per heavy atom. The molecule has 2 amide bonds. The number of fused-ring (bicyclic) bond motifs is 1. The SMILES string of the molecule is O=C(NCc1nnc2cccnn12)Nc1ccn(Cc2ccccn2)n1. The topological polar surface area (TPSA) is 115 Å². The van der Waals surface area contributed by atoms with E-state index in [1.165, 1.54) is 0 Å². The van der Waals surface area contributed by atoms with Gasteiger partial charge in [0.15, 0.2) is 17.3 Å². The number of carbonyl (C=O) groups is 1. The molecule has 0 fully saturated rings. The quantitative estimate of drug-likeness (QED) is 0.557. The average molecular weight is 349 g/mol. The van der Waals surface area contributed by atoms with Crippen molar-refractivity contribution in [3.05, 3.63) is 66.5 Å². The van der Waals surface area contributed by atoms with Crippen LogP contribution in [0.25, 0.3) is 5.65 Å². The number of aromatic nitrogens is 7. The van der Waals surface area contributed by atoms with E-state index in [9.17, 15) is 4.79 Å². The zero-order valence-corrected chi connectivity index (χ0v) is 13.6. The standard InChI is InChI=1S/C16H15N9O/c26-16(18-10-15-22-21-14-5-3-8-19-25(14)15)20-13-6-9-24(23-13)11-12-4-1-2-7-17-12/h1-9H,10-11H2,(H2,18,20,23,26). The van der Waals surface area contributed by atoms with Crippen LogP contribution in [0.3, 0.4) is 0 Å². The molecule has 0 aliphatic carbocycles. The predicted molar refractivity (Wildman–Crippen MR) is 92.2 cm³/mol. The van der Waals surface area contributed by atoms with Crippen LogP contribution in [0.4, 0.5) is 10.6 Å². The molecule has 0 aromatic carbocycles. The minimum Gasteiger partial charge on any atom is -0.330 e. The summed E-state index contributed by atoms with van der Waals surface area (Å²) in [5.74, 6) is 0.985. The molecule has 0 saturated heterocycles. The highest BCUT2D eigenvalue weighted by Crippen LogP contribution is 2.05. The van der Waals surface area contributed by atoms with Gasteiger partial charge in [0.2, 0.25) is 0 Å². The molecule has 10 nitrogen and oxygen atoms in total. The molecule has 0 bridgehead atoms. The molecule has 0 aliphatic rings. The molecule has 0 saturated carbocycles. The summed E-state index contributed by atoms with van der Waals surface area (Å²) in [7, 11) is 0. The van der Waals surface area contributed by atoms with Crippen LogP contribution < -0.4 is 10.6 Å². The number of rotatable bonds is 5. The number of hydrogen-bond acceptors (Lipinski definition) is 6. The van der Waals surface area contributed by atoms with Crippen molar-refractivity contribution in [3.63, 3.8) is 0 Å². The van der Waals surface area contributed by atoms with Crippen molar-refractivity contribution < 1.29 is 4.79 Å². The van der Waals surface area contributed by atoms with E-state index in [1.807, 2.05) is 18.2 Å². The van der Waals surface area contributed by atoms with Gasteiger partial charge in [-0.1, -0.05) is 6.07 Å². The van der Waals surface area contributed by atoms with Gasteiger partial charge < -0.3 is 5.32 Å². The average Bonchev–Trinajstić information content (AvgIpc) is 3.28. The number of amides is 2. The van der Waals surface area contributed by atoms with Crippen LogP contribution in [0.15, 0.2) is 55.0 Å². The second kappa shape index (κ2) is 6.97. The van der Waals surface area contributed by atoms with Gasteiger partial charge in [-0.05, 0) is 24.3 Å². The molecule has 4 rings (SSSR count). The Morgan fingerprint density at radius 1 is 1.08 bits per heavy atom. The van der Waals surface area contributed by atoms with Gasteiger partial charge in [0.25, 0.3) is 0 Å². The molecule has 2 N–H and O–H groups in total. The molecule has 4 aromatic heterocycles. The van der Waals surface area contributed by atoms with Crippen molar-refractivity contribution in [2.75, 3.05) is 5.32 Å². The fourth-order valence-electron chi connectivity index (χ4n) is 2.39. The molecule has 10 heteroatoms. The lowest BCUT2D eigenvalue weighted by atomic mass is 10.3. The Kier molecular flexibility index (Phi) is 4.21. The van der Waals surface area contributed by atoms with E-state index in [0.717, 1.165) is 5.69 Å². The highest BCUT2D eigenvalue weighted by atomic mass is 16.2. The predicted octanol–water partition coefficient (Wildman–Crippen LogP) is 1.09. The van der Waals surface area contributed by atoms with Crippen molar-refractivity contribution in [1.82, 2.24) is 39.9 Å². The van der Waals surface area contributed by atoms with E-state index in [0.29, 0.717) is 23.8 Å².